The lowest BCUT2D eigenvalue weighted by Crippen LogP contribution is -2.10. The molecule has 0 atom stereocenters. The van der Waals surface area contributed by atoms with Crippen LogP contribution in [0, 0.1) is 12.7 Å². The number of aromatic nitrogens is 2. The van der Waals surface area contributed by atoms with Crippen molar-refractivity contribution in [2.75, 3.05) is 0 Å². The molecule has 2 aromatic carbocycles. The highest BCUT2D eigenvalue weighted by atomic mass is 19.1. The monoisotopic (exact) mass is 254 g/mol. The van der Waals surface area contributed by atoms with E-state index in [1.165, 1.54) is 6.07 Å². The van der Waals surface area contributed by atoms with Crippen LogP contribution >= 0.6 is 0 Å². The van der Waals surface area contributed by atoms with Gasteiger partial charge in [0.1, 0.15) is 11.6 Å². The lowest BCUT2D eigenvalue weighted by Gasteiger charge is -2.07. The van der Waals surface area contributed by atoms with Gasteiger partial charge in [0.25, 0.3) is 5.56 Å². The maximum Gasteiger partial charge on any atom is 0.259 e. The fourth-order valence-electron chi connectivity index (χ4n) is 2.14. The summed E-state index contributed by atoms with van der Waals surface area (Å²) in [5, 5.41) is 0.500. The molecule has 3 aromatic rings. The molecule has 4 heteroatoms. The summed E-state index contributed by atoms with van der Waals surface area (Å²) in [5.41, 5.74) is 1.37. The van der Waals surface area contributed by atoms with E-state index in [0.717, 1.165) is 5.56 Å². The second-order valence-electron chi connectivity index (χ2n) is 4.36. The van der Waals surface area contributed by atoms with Gasteiger partial charge in [0.15, 0.2) is 0 Å². The van der Waals surface area contributed by atoms with Crippen molar-refractivity contribution in [1.29, 1.82) is 0 Å². The van der Waals surface area contributed by atoms with E-state index in [1.54, 1.807) is 43.3 Å². The summed E-state index contributed by atoms with van der Waals surface area (Å²) in [4.78, 5) is 19.0. The van der Waals surface area contributed by atoms with E-state index in [2.05, 4.69) is 9.97 Å². The number of hydrogen-bond donors (Lipinski definition) is 1. The maximum atomic E-state index is 13.9. The summed E-state index contributed by atoms with van der Waals surface area (Å²) in [6.07, 6.45) is 0. The van der Waals surface area contributed by atoms with Crippen LogP contribution in [0.4, 0.5) is 4.39 Å². The highest BCUT2D eigenvalue weighted by Crippen LogP contribution is 2.23. The summed E-state index contributed by atoms with van der Waals surface area (Å²) >= 11 is 0. The van der Waals surface area contributed by atoms with Crippen LogP contribution in [0.2, 0.25) is 0 Å². The summed E-state index contributed by atoms with van der Waals surface area (Å²) in [6.45, 7) is 1.79. The maximum absolute atomic E-state index is 13.9. The van der Waals surface area contributed by atoms with E-state index in [1.807, 2.05) is 0 Å². The van der Waals surface area contributed by atoms with Crippen molar-refractivity contribution in [2.45, 2.75) is 6.92 Å². The lowest BCUT2D eigenvalue weighted by atomic mass is 10.1. The van der Waals surface area contributed by atoms with Crippen molar-refractivity contribution in [1.82, 2.24) is 9.97 Å². The minimum absolute atomic E-state index is 0.261. The van der Waals surface area contributed by atoms with Crippen LogP contribution in [0.5, 0.6) is 0 Å². The number of fused-ring (bicyclic) bond motifs is 1. The van der Waals surface area contributed by atoms with Gasteiger partial charge in [-0.1, -0.05) is 24.3 Å². The van der Waals surface area contributed by atoms with Gasteiger partial charge in [0.05, 0.1) is 16.5 Å². The predicted octanol–water partition coefficient (Wildman–Crippen LogP) is 3.04. The van der Waals surface area contributed by atoms with E-state index in [4.69, 9.17) is 0 Å². The average molecular weight is 254 g/mol. The molecular weight excluding hydrogens is 243 g/mol. The summed E-state index contributed by atoms with van der Waals surface area (Å²) < 4.78 is 13.9. The second-order valence-corrected chi connectivity index (χ2v) is 4.36. The van der Waals surface area contributed by atoms with Crippen molar-refractivity contribution in [3.8, 4) is 11.4 Å². The van der Waals surface area contributed by atoms with Crippen LogP contribution in [0.15, 0.2) is 47.3 Å². The van der Waals surface area contributed by atoms with Gasteiger partial charge in [-0.25, -0.2) is 9.37 Å². The number of benzene rings is 2. The third kappa shape index (κ3) is 1.91. The largest absolute Gasteiger partial charge is 0.306 e. The Hall–Kier alpha value is -2.49. The van der Waals surface area contributed by atoms with E-state index >= 15 is 0 Å². The molecule has 1 aromatic heterocycles. The molecule has 0 amide bonds. The zero-order chi connectivity index (χ0) is 13.4. The van der Waals surface area contributed by atoms with Crippen LogP contribution in [-0.2, 0) is 0 Å². The molecule has 3 rings (SSSR count). The zero-order valence-corrected chi connectivity index (χ0v) is 10.3. The topological polar surface area (TPSA) is 45.8 Å². The number of nitrogens with zero attached hydrogens (tertiary/aromatic N) is 1. The molecule has 0 spiro atoms. The molecule has 0 aliphatic heterocycles. The number of halogens is 1. The van der Waals surface area contributed by atoms with Crippen LogP contribution in [-0.4, -0.2) is 9.97 Å². The van der Waals surface area contributed by atoms with Crippen molar-refractivity contribution in [2.24, 2.45) is 0 Å². The Kier molecular flexibility index (Phi) is 2.63. The van der Waals surface area contributed by atoms with Crippen LogP contribution < -0.4 is 5.56 Å². The first-order chi connectivity index (χ1) is 9.16. The Bertz CT molecular complexity index is 803. The van der Waals surface area contributed by atoms with Gasteiger partial charge in [0.2, 0.25) is 0 Å². The Morgan fingerprint density at radius 3 is 2.68 bits per heavy atom. The van der Waals surface area contributed by atoms with Gasteiger partial charge >= 0.3 is 0 Å². The molecule has 94 valence electrons. The van der Waals surface area contributed by atoms with Gasteiger partial charge < -0.3 is 4.98 Å². The standard InChI is InChI=1S/C15H11FN2O/c1-9-5-4-7-11(16)13(9)14-17-12-8-3-2-6-10(12)15(19)18-14/h2-8H,1H3,(H,17,18,19). The molecule has 0 fully saturated rings. The fourth-order valence-corrected chi connectivity index (χ4v) is 2.14. The number of nitrogens with one attached hydrogen (secondary N) is 1. The van der Waals surface area contributed by atoms with Crippen molar-refractivity contribution >= 4 is 10.9 Å². The smallest absolute Gasteiger partial charge is 0.259 e. The third-order valence-corrected chi connectivity index (χ3v) is 3.07. The number of H-pyrrole nitrogens is 1. The normalized spacial score (nSPS) is 10.8. The van der Waals surface area contributed by atoms with Crippen molar-refractivity contribution in [3.63, 3.8) is 0 Å². The molecule has 0 aliphatic carbocycles. The minimum atomic E-state index is -0.390. The predicted molar refractivity (Wildman–Crippen MR) is 72.5 cm³/mol. The quantitative estimate of drug-likeness (QED) is 0.725. The molecular formula is C15H11FN2O. The zero-order valence-electron chi connectivity index (χ0n) is 10.3. The highest BCUT2D eigenvalue weighted by molar-refractivity contribution is 5.79. The average Bonchev–Trinajstić information content (AvgIpc) is 2.38. The number of rotatable bonds is 1. The van der Waals surface area contributed by atoms with Crippen molar-refractivity contribution < 1.29 is 4.39 Å². The first-order valence-corrected chi connectivity index (χ1v) is 5.91. The van der Waals surface area contributed by atoms with E-state index in [9.17, 15) is 9.18 Å². The molecule has 0 radical (unpaired) electrons. The molecule has 1 heterocycles. The van der Waals surface area contributed by atoms with E-state index < -0.39 is 5.82 Å². The molecule has 0 saturated heterocycles. The minimum Gasteiger partial charge on any atom is -0.306 e. The van der Waals surface area contributed by atoms with Gasteiger partial charge in [-0.3, -0.25) is 4.79 Å². The number of para-hydroxylation sites is 1. The van der Waals surface area contributed by atoms with Crippen molar-refractivity contribution in [3.05, 3.63) is 64.2 Å². The third-order valence-electron chi connectivity index (χ3n) is 3.07. The number of aromatic amines is 1. The van der Waals surface area contributed by atoms with Crippen LogP contribution in [0.25, 0.3) is 22.3 Å². The van der Waals surface area contributed by atoms with Crippen LogP contribution in [0.3, 0.4) is 0 Å². The Labute approximate surface area is 108 Å². The lowest BCUT2D eigenvalue weighted by molar-refractivity contribution is 0.629. The molecule has 0 saturated carbocycles. The fraction of sp³-hybridized carbons (Fsp3) is 0.0667. The number of hydrogen-bond acceptors (Lipinski definition) is 2. The van der Waals surface area contributed by atoms with E-state index in [-0.39, 0.29) is 11.4 Å². The van der Waals surface area contributed by atoms with Crippen LogP contribution in [0.1, 0.15) is 5.56 Å². The molecule has 0 bridgehead atoms. The van der Waals surface area contributed by atoms with Gasteiger partial charge in [-0.05, 0) is 30.7 Å². The van der Waals surface area contributed by atoms with Gasteiger partial charge in [-0.2, -0.15) is 0 Å². The Morgan fingerprint density at radius 2 is 1.89 bits per heavy atom. The second kappa shape index (κ2) is 4.31. The molecule has 0 unspecified atom stereocenters. The Morgan fingerprint density at radius 1 is 1.11 bits per heavy atom. The summed E-state index contributed by atoms with van der Waals surface area (Å²) in [7, 11) is 0. The number of aryl methyl sites for hydroxylation is 1. The first kappa shape index (κ1) is 11.6. The molecule has 3 nitrogen and oxygen atoms in total. The van der Waals surface area contributed by atoms with Gasteiger partial charge in [0, 0.05) is 0 Å². The Balaban J connectivity index is 2.35. The highest BCUT2D eigenvalue weighted by Gasteiger charge is 2.12. The molecule has 19 heavy (non-hydrogen) atoms. The van der Waals surface area contributed by atoms with Gasteiger partial charge in [-0.15, -0.1) is 0 Å². The first-order valence-electron chi connectivity index (χ1n) is 5.91. The molecule has 1 N–H and O–H groups in total. The summed E-state index contributed by atoms with van der Waals surface area (Å²) in [5.74, 6) is -0.127. The molecule has 0 aliphatic rings. The SMILES string of the molecule is Cc1cccc(F)c1-c1nc2ccccc2c(=O)[nH]1. The summed E-state index contributed by atoms with van der Waals surface area (Å²) in [6, 6.07) is 11.8. The van der Waals surface area contributed by atoms with E-state index in [0.29, 0.717) is 16.5 Å².